The number of nitrogens with zero attached hydrogens (tertiary/aromatic N) is 5. The Bertz CT molecular complexity index is 1150. The molecule has 2 heterocycles. The molecule has 0 atom stereocenters. The number of benzene rings is 2. The second kappa shape index (κ2) is 9.68. The first-order chi connectivity index (χ1) is 16.1. The lowest BCUT2D eigenvalue weighted by Crippen LogP contribution is -2.46. The van der Waals surface area contributed by atoms with Crippen molar-refractivity contribution in [2.45, 2.75) is 19.6 Å². The number of rotatable bonds is 5. The van der Waals surface area contributed by atoms with Crippen molar-refractivity contribution in [3.05, 3.63) is 70.2 Å². The Morgan fingerprint density at radius 3 is 2.35 bits per heavy atom. The van der Waals surface area contributed by atoms with Gasteiger partial charge in [-0.25, -0.2) is 0 Å². The van der Waals surface area contributed by atoms with Gasteiger partial charge in [0.2, 0.25) is 5.95 Å². The van der Waals surface area contributed by atoms with Crippen molar-refractivity contribution >= 4 is 34.9 Å². The molecular formula is C24H26ClF3N6. The number of hydrogen-bond donors (Lipinski definition) is 1. The summed E-state index contributed by atoms with van der Waals surface area (Å²) in [6, 6.07) is 13.9. The highest BCUT2D eigenvalue weighted by molar-refractivity contribution is 6.30. The van der Waals surface area contributed by atoms with Crippen LogP contribution in [0.4, 0.5) is 36.4 Å². The first-order valence-corrected chi connectivity index (χ1v) is 11.3. The van der Waals surface area contributed by atoms with Gasteiger partial charge in [0.05, 0.1) is 11.3 Å². The van der Waals surface area contributed by atoms with Crippen LogP contribution < -0.4 is 15.5 Å². The zero-order valence-corrected chi connectivity index (χ0v) is 19.7. The molecule has 0 aliphatic carbocycles. The lowest BCUT2D eigenvalue weighted by molar-refractivity contribution is -0.137. The summed E-state index contributed by atoms with van der Waals surface area (Å²) in [5.41, 5.74) is 7.03. The van der Waals surface area contributed by atoms with Crippen LogP contribution in [0.3, 0.4) is 0 Å². The standard InChI is InChI=1S/C24H26ClF3N6/c1-16-21(29)30-23(34-12-10-33(11-13-34)15-17-6-4-3-5-7-17)31-22(16)32(2)20-9-8-18(25)14-19(20)24(26,27)28/h3-9,14H,10-13,15H2,1-2H3,(H2,29,30,31). The molecule has 34 heavy (non-hydrogen) atoms. The molecule has 0 radical (unpaired) electrons. The van der Waals surface area contributed by atoms with Crippen LogP contribution in [-0.2, 0) is 12.7 Å². The molecule has 1 aliphatic heterocycles. The van der Waals surface area contributed by atoms with Crippen molar-refractivity contribution in [1.29, 1.82) is 0 Å². The fourth-order valence-electron chi connectivity index (χ4n) is 4.07. The zero-order chi connectivity index (χ0) is 24.5. The fraction of sp³-hybridized carbons (Fsp3) is 0.333. The third-order valence-electron chi connectivity index (χ3n) is 5.99. The summed E-state index contributed by atoms with van der Waals surface area (Å²) in [6.07, 6.45) is -4.57. The van der Waals surface area contributed by atoms with Gasteiger partial charge in [-0.2, -0.15) is 23.1 Å². The number of alkyl halides is 3. The van der Waals surface area contributed by atoms with E-state index in [1.165, 1.54) is 29.6 Å². The Morgan fingerprint density at radius 2 is 1.71 bits per heavy atom. The van der Waals surface area contributed by atoms with Gasteiger partial charge in [-0.3, -0.25) is 4.90 Å². The van der Waals surface area contributed by atoms with Gasteiger partial charge in [-0.1, -0.05) is 41.9 Å². The van der Waals surface area contributed by atoms with E-state index in [0.717, 1.165) is 25.7 Å². The maximum atomic E-state index is 13.7. The van der Waals surface area contributed by atoms with Crippen molar-refractivity contribution in [2.24, 2.45) is 0 Å². The Hall–Kier alpha value is -3.04. The van der Waals surface area contributed by atoms with Crippen LogP contribution in [0.5, 0.6) is 0 Å². The number of nitrogens with two attached hydrogens (primary N) is 1. The van der Waals surface area contributed by atoms with Crippen LogP contribution in [0, 0.1) is 6.92 Å². The number of aromatic nitrogens is 2. The van der Waals surface area contributed by atoms with E-state index in [2.05, 4.69) is 27.0 Å². The van der Waals surface area contributed by atoms with Gasteiger partial charge in [0.1, 0.15) is 11.6 Å². The summed E-state index contributed by atoms with van der Waals surface area (Å²) < 4.78 is 41.1. The smallest absolute Gasteiger partial charge is 0.383 e. The third kappa shape index (κ3) is 5.20. The summed E-state index contributed by atoms with van der Waals surface area (Å²) in [4.78, 5) is 14.8. The van der Waals surface area contributed by atoms with E-state index in [1.54, 1.807) is 6.92 Å². The van der Waals surface area contributed by atoms with Crippen LogP contribution in [0.15, 0.2) is 48.5 Å². The van der Waals surface area contributed by atoms with Gasteiger partial charge >= 0.3 is 6.18 Å². The number of piperazine rings is 1. The molecule has 3 aromatic rings. The molecule has 180 valence electrons. The lowest BCUT2D eigenvalue weighted by atomic mass is 10.1. The van der Waals surface area contributed by atoms with E-state index >= 15 is 0 Å². The molecule has 6 nitrogen and oxygen atoms in total. The van der Waals surface area contributed by atoms with E-state index in [4.69, 9.17) is 17.3 Å². The molecule has 0 unspecified atom stereocenters. The number of halogens is 4. The van der Waals surface area contributed by atoms with Gasteiger partial charge in [-0.05, 0) is 30.7 Å². The summed E-state index contributed by atoms with van der Waals surface area (Å²) in [5, 5.41) is 0.0115. The van der Waals surface area contributed by atoms with Gasteiger partial charge in [0.15, 0.2) is 0 Å². The molecule has 1 saturated heterocycles. The van der Waals surface area contributed by atoms with Crippen LogP contribution in [-0.4, -0.2) is 48.1 Å². The minimum Gasteiger partial charge on any atom is -0.383 e. The molecule has 2 N–H and O–H groups in total. The Morgan fingerprint density at radius 1 is 1.03 bits per heavy atom. The molecule has 4 rings (SSSR count). The van der Waals surface area contributed by atoms with E-state index in [0.29, 0.717) is 30.4 Å². The molecule has 2 aromatic carbocycles. The van der Waals surface area contributed by atoms with Crippen LogP contribution >= 0.6 is 11.6 Å². The van der Waals surface area contributed by atoms with Gasteiger partial charge < -0.3 is 15.5 Å². The quantitative estimate of drug-likeness (QED) is 0.535. The summed E-state index contributed by atoms with van der Waals surface area (Å²) in [6.45, 7) is 5.56. The first-order valence-electron chi connectivity index (χ1n) is 10.9. The van der Waals surface area contributed by atoms with E-state index in [1.807, 2.05) is 23.1 Å². The average Bonchev–Trinajstić information content (AvgIpc) is 2.81. The second-order valence-electron chi connectivity index (χ2n) is 8.32. The van der Waals surface area contributed by atoms with Gasteiger partial charge in [-0.15, -0.1) is 0 Å². The molecule has 0 saturated carbocycles. The fourth-order valence-corrected chi connectivity index (χ4v) is 4.24. The molecular weight excluding hydrogens is 465 g/mol. The summed E-state index contributed by atoms with van der Waals surface area (Å²) in [7, 11) is 1.54. The van der Waals surface area contributed by atoms with Crippen molar-refractivity contribution in [1.82, 2.24) is 14.9 Å². The first kappa shape index (κ1) is 24.1. The molecule has 1 fully saturated rings. The molecule has 0 spiro atoms. The molecule has 0 bridgehead atoms. The Labute approximate surface area is 201 Å². The summed E-state index contributed by atoms with van der Waals surface area (Å²) in [5.74, 6) is 0.968. The monoisotopic (exact) mass is 490 g/mol. The van der Waals surface area contributed by atoms with Crippen LogP contribution in [0.2, 0.25) is 5.02 Å². The number of anilines is 4. The number of hydrogen-bond acceptors (Lipinski definition) is 6. The van der Waals surface area contributed by atoms with Gasteiger partial charge in [0.25, 0.3) is 0 Å². The highest BCUT2D eigenvalue weighted by atomic mass is 35.5. The minimum absolute atomic E-state index is 0.0115. The van der Waals surface area contributed by atoms with Crippen molar-refractivity contribution < 1.29 is 13.2 Å². The topological polar surface area (TPSA) is 61.5 Å². The summed E-state index contributed by atoms with van der Waals surface area (Å²) >= 11 is 5.84. The molecule has 1 aromatic heterocycles. The van der Waals surface area contributed by atoms with E-state index in [9.17, 15) is 13.2 Å². The van der Waals surface area contributed by atoms with Crippen LogP contribution in [0.25, 0.3) is 0 Å². The Balaban J connectivity index is 1.57. The van der Waals surface area contributed by atoms with Crippen molar-refractivity contribution in [2.75, 3.05) is 48.8 Å². The lowest BCUT2D eigenvalue weighted by Gasteiger charge is -2.35. The van der Waals surface area contributed by atoms with E-state index in [-0.39, 0.29) is 16.5 Å². The highest BCUT2D eigenvalue weighted by Gasteiger charge is 2.35. The third-order valence-corrected chi connectivity index (χ3v) is 6.23. The highest BCUT2D eigenvalue weighted by Crippen LogP contribution is 2.40. The Kier molecular flexibility index (Phi) is 6.86. The largest absolute Gasteiger partial charge is 0.418 e. The number of nitrogen functional groups attached to an aromatic ring is 1. The maximum Gasteiger partial charge on any atom is 0.418 e. The minimum atomic E-state index is -4.57. The predicted molar refractivity (Wildman–Crippen MR) is 130 cm³/mol. The van der Waals surface area contributed by atoms with E-state index < -0.39 is 11.7 Å². The molecule has 1 aliphatic rings. The zero-order valence-electron chi connectivity index (χ0n) is 19.0. The van der Waals surface area contributed by atoms with Crippen LogP contribution in [0.1, 0.15) is 16.7 Å². The molecule has 0 amide bonds. The predicted octanol–water partition coefficient (Wildman–Crippen LogP) is 5.13. The second-order valence-corrected chi connectivity index (χ2v) is 8.76. The van der Waals surface area contributed by atoms with Gasteiger partial charge in [0, 0.05) is 50.4 Å². The van der Waals surface area contributed by atoms with Crippen molar-refractivity contribution in [3.8, 4) is 0 Å². The molecule has 10 heteroatoms. The normalized spacial score (nSPS) is 14.9. The maximum absolute atomic E-state index is 13.7. The average molecular weight is 491 g/mol. The van der Waals surface area contributed by atoms with Crippen molar-refractivity contribution in [3.63, 3.8) is 0 Å². The SMILES string of the molecule is Cc1c(N)nc(N2CCN(Cc3ccccc3)CC2)nc1N(C)c1ccc(Cl)cc1C(F)(F)F.